The standard InChI is InChI=1S/C30H35N7O5/c1-7-42-24-15-21-20(14-23(24)41-6)8-10-36-22(21)16-25(32-26-18(3)12-17(2)13-19(26)4)37(30(36)40)11-9-31-28(38)27-29(39)33-34-35(27)5/h12-16,39H,7-11H2,1-6H3,(H,31,38). The number of aryl methyl sites for hydroxylation is 5. The van der Waals surface area contributed by atoms with Crippen molar-refractivity contribution in [2.24, 2.45) is 12.0 Å². The molecule has 1 aliphatic rings. The normalized spacial score (nSPS) is 12.6. The van der Waals surface area contributed by atoms with E-state index in [0.717, 1.165) is 39.2 Å². The molecule has 0 unspecified atom stereocenters. The van der Waals surface area contributed by atoms with Crippen LogP contribution in [-0.2, 0) is 26.6 Å². The lowest BCUT2D eigenvalue weighted by Crippen LogP contribution is -2.44. The van der Waals surface area contributed by atoms with E-state index >= 15 is 0 Å². The number of aromatic hydroxyl groups is 1. The summed E-state index contributed by atoms with van der Waals surface area (Å²) in [5.41, 5.74) is 6.73. The first-order valence-corrected chi connectivity index (χ1v) is 13.8. The third-order valence-electron chi connectivity index (χ3n) is 7.37. The van der Waals surface area contributed by atoms with Crippen LogP contribution in [0.2, 0.25) is 0 Å². The Morgan fingerprint density at radius 2 is 1.86 bits per heavy atom. The maximum Gasteiger partial charge on any atom is 0.330 e. The monoisotopic (exact) mass is 573 g/mol. The van der Waals surface area contributed by atoms with E-state index in [1.807, 2.05) is 45.9 Å². The Bertz CT molecular complexity index is 1770. The molecule has 42 heavy (non-hydrogen) atoms. The van der Waals surface area contributed by atoms with Gasteiger partial charge in [0.2, 0.25) is 0 Å². The molecule has 12 heteroatoms. The van der Waals surface area contributed by atoms with Crippen molar-refractivity contribution < 1.29 is 19.4 Å². The van der Waals surface area contributed by atoms with Crippen LogP contribution in [-0.4, -0.2) is 55.4 Å². The molecule has 0 saturated carbocycles. The molecule has 0 aliphatic carbocycles. The largest absolute Gasteiger partial charge is 0.493 e. The number of methoxy groups -OCH3 is 1. The molecule has 1 aliphatic heterocycles. The van der Waals surface area contributed by atoms with Crippen molar-refractivity contribution in [3.63, 3.8) is 0 Å². The summed E-state index contributed by atoms with van der Waals surface area (Å²) in [7, 11) is 3.13. The van der Waals surface area contributed by atoms with Gasteiger partial charge in [0.25, 0.3) is 11.8 Å². The van der Waals surface area contributed by atoms with E-state index in [2.05, 4.69) is 27.8 Å². The number of nitrogens with zero attached hydrogens (tertiary/aromatic N) is 6. The minimum atomic E-state index is -0.547. The van der Waals surface area contributed by atoms with E-state index in [9.17, 15) is 14.7 Å². The van der Waals surface area contributed by atoms with Gasteiger partial charge < -0.3 is 19.9 Å². The van der Waals surface area contributed by atoms with Crippen LogP contribution in [0.25, 0.3) is 11.3 Å². The first-order chi connectivity index (χ1) is 20.1. The highest BCUT2D eigenvalue weighted by atomic mass is 16.5. The highest BCUT2D eigenvalue weighted by Crippen LogP contribution is 2.37. The van der Waals surface area contributed by atoms with Gasteiger partial charge in [0.1, 0.15) is 5.49 Å². The molecule has 0 fully saturated rings. The van der Waals surface area contributed by atoms with Crippen LogP contribution in [0.4, 0.5) is 5.69 Å². The van der Waals surface area contributed by atoms with Crippen molar-refractivity contribution in [1.29, 1.82) is 0 Å². The highest BCUT2D eigenvalue weighted by Gasteiger charge is 2.23. The fourth-order valence-electron chi connectivity index (χ4n) is 5.50. The second-order valence-corrected chi connectivity index (χ2v) is 10.3. The number of carbonyl (C=O) groups is 1. The van der Waals surface area contributed by atoms with E-state index < -0.39 is 11.8 Å². The highest BCUT2D eigenvalue weighted by molar-refractivity contribution is 5.94. The van der Waals surface area contributed by atoms with Crippen LogP contribution in [0, 0.1) is 20.8 Å². The topological polar surface area (TPSA) is 138 Å². The molecule has 4 aromatic rings. The van der Waals surface area contributed by atoms with Gasteiger partial charge in [0.15, 0.2) is 17.2 Å². The number of hydrogen-bond acceptors (Lipinski definition) is 8. The zero-order valence-electron chi connectivity index (χ0n) is 24.7. The summed E-state index contributed by atoms with van der Waals surface area (Å²) in [6, 6.07) is 9.93. The summed E-state index contributed by atoms with van der Waals surface area (Å²) < 4.78 is 15.9. The molecule has 0 atom stereocenters. The number of carbonyl (C=O) groups excluding carboxylic acids is 1. The van der Waals surface area contributed by atoms with Crippen molar-refractivity contribution in [2.45, 2.75) is 47.2 Å². The average Bonchev–Trinajstić information content (AvgIpc) is 3.29. The average molecular weight is 574 g/mol. The van der Waals surface area contributed by atoms with E-state index in [-0.39, 0.29) is 24.5 Å². The number of aromatic nitrogens is 5. The number of fused-ring (bicyclic) bond motifs is 3. The van der Waals surface area contributed by atoms with Crippen molar-refractivity contribution in [2.75, 3.05) is 20.3 Å². The molecule has 220 valence electrons. The minimum Gasteiger partial charge on any atom is -0.493 e. The van der Waals surface area contributed by atoms with Gasteiger partial charge in [0.05, 0.1) is 25.1 Å². The lowest BCUT2D eigenvalue weighted by atomic mass is 9.97. The number of benzene rings is 2. The summed E-state index contributed by atoms with van der Waals surface area (Å²) in [6.45, 7) is 9.16. The van der Waals surface area contributed by atoms with Gasteiger partial charge in [-0.15, -0.1) is 0 Å². The van der Waals surface area contributed by atoms with Gasteiger partial charge in [0, 0.05) is 38.3 Å². The molecule has 2 aromatic heterocycles. The van der Waals surface area contributed by atoms with E-state index in [0.29, 0.717) is 36.6 Å². The van der Waals surface area contributed by atoms with Gasteiger partial charge in [-0.3, -0.25) is 13.9 Å². The van der Waals surface area contributed by atoms with Crippen LogP contribution in [0.15, 0.2) is 40.1 Å². The maximum atomic E-state index is 14.0. The molecule has 2 aromatic carbocycles. The zero-order valence-corrected chi connectivity index (χ0v) is 24.7. The molecule has 0 saturated heterocycles. The van der Waals surface area contributed by atoms with Crippen LogP contribution in [0.5, 0.6) is 17.4 Å². The van der Waals surface area contributed by atoms with Crippen molar-refractivity contribution >= 4 is 11.6 Å². The summed E-state index contributed by atoms with van der Waals surface area (Å²) >= 11 is 0. The molecule has 3 heterocycles. The molecular formula is C30H35N7O5. The van der Waals surface area contributed by atoms with Crippen LogP contribution < -0.4 is 26.0 Å². The molecule has 12 nitrogen and oxygen atoms in total. The zero-order chi connectivity index (χ0) is 30.1. The molecule has 5 rings (SSSR count). The van der Waals surface area contributed by atoms with Gasteiger partial charge in [-0.2, -0.15) is 0 Å². The summed E-state index contributed by atoms with van der Waals surface area (Å²) in [5.74, 6) is 0.252. The summed E-state index contributed by atoms with van der Waals surface area (Å²) in [6.07, 6.45) is 0.640. The predicted molar refractivity (Wildman–Crippen MR) is 156 cm³/mol. The fourth-order valence-corrected chi connectivity index (χ4v) is 5.50. The molecule has 2 N–H and O–H groups in total. The number of hydrogen-bond donors (Lipinski definition) is 2. The van der Waals surface area contributed by atoms with E-state index in [1.165, 1.54) is 11.7 Å². The van der Waals surface area contributed by atoms with Crippen molar-refractivity contribution in [3.05, 3.63) is 74.3 Å². The van der Waals surface area contributed by atoms with E-state index in [1.54, 1.807) is 16.2 Å². The van der Waals surface area contributed by atoms with Gasteiger partial charge in [-0.1, -0.05) is 28.0 Å². The quantitative estimate of drug-likeness (QED) is 0.331. The summed E-state index contributed by atoms with van der Waals surface area (Å²) in [5, 5.41) is 19.8. The lowest BCUT2D eigenvalue weighted by Gasteiger charge is -2.25. The smallest absolute Gasteiger partial charge is 0.330 e. The Hall–Kier alpha value is -4.87. The number of nitrogens with one attached hydrogen (secondary N) is 1. The molecule has 1 amide bonds. The second kappa shape index (κ2) is 11.6. The number of amides is 1. The third-order valence-corrected chi connectivity index (χ3v) is 7.37. The van der Waals surface area contributed by atoms with Crippen LogP contribution >= 0.6 is 0 Å². The van der Waals surface area contributed by atoms with Gasteiger partial charge in [-0.25, -0.2) is 14.5 Å². The Morgan fingerprint density at radius 3 is 2.50 bits per heavy atom. The fraction of sp³-hybridized carbons (Fsp3) is 0.367. The Morgan fingerprint density at radius 1 is 1.12 bits per heavy atom. The number of rotatable bonds is 8. The Kier molecular flexibility index (Phi) is 7.88. The Labute approximate surface area is 242 Å². The number of ether oxygens (including phenoxy) is 2. The second-order valence-electron chi connectivity index (χ2n) is 10.3. The first-order valence-electron chi connectivity index (χ1n) is 13.8. The van der Waals surface area contributed by atoms with Crippen LogP contribution in [0.3, 0.4) is 0 Å². The van der Waals surface area contributed by atoms with Gasteiger partial charge in [-0.05, 0) is 62.9 Å². The molecular weight excluding hydrogens is 538 g/mol. The van der Waals surface area contributed by atoms with E-state index in [4.69, 9.17) is 14.5 Å². The third kappa shape index (κ3) is 5.27. The molecule has 0 bridgehead atoms. The molecule has 0 radical (unpaired) electrons. The van der Waals surface area contributed by atoms with Crippen LogP contribution in [0.1, 0.15) is 39.7 Å². The maximum absolute atomic E-state index is 14.0. The lowest BCUT2D eigenvalue weighted by molar-refractivity contribution is 0.0939. The molecule has 0 spiro atoms. The predicted octanol–water partition coefficient (Wildman–Crippen LogP) is 2.70. The first kappa shape index (κ1) is 28.7. The summed E-state index contributed by atoms with van der Waals surface area (Å²) in [4.78, 5) is 31.8. The van der Waals surface area contributed by atoms with Gasteiger partial charge >= 0.3 is 5.69 Å². The van der Waals surface area contributed by atoms with Crippen molar-refractivity contribution in [1.82, 2.24) is 29.4 Å². The minimum absolute atomic E-state index is 0.0601. The Balaban J connectivity index is 1.63. The van der Waals surface area contributed by atoms with Crippen molar-refractivity contribution in [3.8, 4) is 28.6 Å². The SMILES string of the molecule is CCOc1cc2c(cc1OC)CCn1c-2cc(=Nc2c(C)cc(C)cc2C)n(CCNC(=O)c2c(O)nnn2C)c1=O.